The lowest BCUT2D eigenvalue weighted by Gasteiger charge is -2.31. The standard InChI is InChI=1S/C18H26N2O2/c19-12-11-16(14-20)17(22-18-8-4-5-13-21-18)10-9-15-6-2-1-3-7-15/h1-3,6-7,16-18H,4-5,8-11,13-14,20H2. The number of benzene rings is 1. The van der Waals surface area contributed by atoms with Crippen LogP contribution in [0.4, 0.5) is 0 Å². The molecule has 0 aliphatic carbocycles. The molecule has 1 saturated heterocycles. The lowest BCUT2D eigenvalue weighted by Crippen LogP contribution is -2.36. The Kier molecular flexibility index (Phi) is 7.38. The van der Waals surface area contributed by atoms with Gasteiger partial charge in [0.2, 0.25) is 0 Å². The van der Waals surface area contributed by atoms with Crippen LogP contribution in [0.5, 0.6) is 0 Å². The van der Waals surface area contributed by atoms with E-state index in [1.807, 2.05) is 18.2 Å². The van der Waals surface area contributed by atoms with Gasteiger partial charge in [0.05, 0.1) is 12.2 Å². The highest BCUT2D eigenvalue weighted by atomic mass is 16.7. The van der Waals surface area contributed by atoms with Gasteiger partial charge in [-0.3, -0.25) is 0 Å². The van der Waals surface area contributed by atoms with Gasteiger partial charge in [-0.15, -0.1) is 0 Å². The van der Waals surface area contributed by atoms with E-state index in [0.717, 1.165) is 38.7 Å². The molecular formula is C18H26N2O2. The highest BCUT2D eigenvalue weighted by Gasteiger charge is 2.26. The van der Waals surface area contributed by atoms with E-state index in [4.69, 9.17) is 20.5 Å². The van der Waals surface area contributed by atoms with Crippen LogP contribution in [0.2, 0.25) is 0 Å². The van der Waals surface area contributed by atoms with E-state index < -0.39 is 0 Å². The van der Waals surface area contributed by atoms with Crippen molar-refractivity contribution in [3.63, 3.8) is 0 Å². The molecule has 4 nitrogen and oxygen atoms in total. The summed E-state index contributed by atoms with van der Waals surface area (Å²) in [4.78, 5) is 0. The van der Waals surface area contributed by atoms with E-state index in [2.05, 4.69) is 18.2 Å². The van der Waals surface area contributed by atoms with Gasteiger partial charge in [-0.2, -0.15) is 5.26 Å². The average molecular weight is 302 g/mol. The zero-order chi connectivity index (χ0) is 15.6. The molecule has 0 amide bonds. The van der Waals surface area contributed by atoms with Crippen LogP contribution in [0, 0.1) is 17.2 Å². The molecule has 0 spiro atoms. The number of ether oxygens (including phenoxy) is 2. The summed E-state index contributed by atoms with van der Waals surface area (Å²) >= 11 is 0. The molecule has 1 aromatic carbocycles. The molecule has 22 heavy (non-hydrogen) atoms. The number of nitriles is 1. The van der Waals surface area contributed by atoms with E-state index in [0.29, 0.717) is 13.0 Å². The fraction of sp³-hybridized carbons (Fsp3) is 0.611. The third-order valence-electron chi connectivity index (χ3n) is 4.21. The van der Waals surface area contributed by atoms with E-state index >= 15 is 0 Å². The number of rotatable bonds is 8. The molecule has 1 aliphatic rings. The molecule has 1 aromatic rings. The second-order valence-corrected chi connectivity index (χ2v) is 5.85. The third-order valence-corrected chi connectivity index (χ3v) is 4.21. The molecule has 2 N–H and O–H groups in total. The van der Waals surface area contributed by atoms with Gasteiger partial charge < -0.3 is 15.2 Å². The average Bonchev–Trinajstić information content (AvgIpc) is 2.58. The van der Waals surface area contributed by atoms with Crippen LogP contribution in [0.3, 0.4) is 0 Å². The Balaban J connectivity index is 1.95. The maximum Gasteiger partial charge on any atom is 0.157 e. The highest BCUT2D eigenvalue weighted by molar-refractivity contribution is 5.14. The number of hydrogen-bond donors (Lipinski definition) is 1. The van der Waals surface area contributed by atoms with Crippen LogP contribution >= 0.6 is 0 Å². The number of nitrogens with zero attached hydrogens (tertiary/aromatic N) is 1. The molecule has 1 heterocycles. The van der Waals surface area contributed by atoms with Crippen LogP contribution in [0.15, 0.2) is 30.3 Å². The Morgan fingerprint density at radius 1 is 1.32 bits per heavy atom. The Morgan fingerprint density at radius 2 is 2.14 bits per heavy atom. The summed E-state index contributed by atoms with van der Waals surface area (Å²) in [6.07, 6.45) is 5.26. The van der Waals surface area contributed by atoms with Gasteiger partial charge in [-0.1, -0.05) is 30.3 Å². The van der Waals surface area contributed by atoms with Gasteiger partial charge in [-0.05, 0) is 44.2 Å². The topological polar surface area (TPSA) is 68.3 Å². The van der Waals surface area contributed by atoms with Crippen molar-refractivity contribution in [3.05, 3.63) is 35.9 Å². The van der Waals surface area contributed by atoms with Gasteiger partial charge in [-0.25, -0.2) is 0 Å². The van der Waals surface area contributed by atoms with Crippen molar-refractivity contribution in [2.45, 2.75) is 50.9 Å². The lowest BCUT2D eigenvalue weighted by atomic mass is 9.93. The van der Waals surface area contributed by atoms with Crippen LogP contribution in [-0.2, 0) is 15.9 Å². The predicted molar refractivity (Wildman–Crippen MR) is 86.0 cm³/mol. The van der Waals surface area contributed by atoms with Crippen LogP contribution in [-0.4, -0.2) is 25.5 Å². The first-order valence-electron chi connectivity index (χ1n) is 8.21. The Labute approximate surface area is 133 Å². The number of hydrogen-bond acceptors (Lipinski definition) is 4. The second kappa shape index (κ2) is 9.58. The summed E-state index contributed by atoms with van der Waals surface area (Å²) in [7, 11) is 0. The molecular weight excluding hydrogens is 276 g/mol. The van der Waals surface area contributed by atoms with Gasteiger partial charge in [0, 0.05) is 18.9 Å². The maximum absolute atomic E-state index is 9.02. The molecule has 0 saturated carbocycles. The van der Waals surface area contributed by atoms with Crippen molar-refractivity contribution in [2.75, 3.05) is 13.2 Å². The predicted octanol–water partition coefficient (Wildman–Crippen LogP) is 3.02. The fourth-order valence-electron chi connectivity index (χ4n) is 2.87. The van der Waals surface area contributed by atoms with Crippen LogP contribution < -0.4 is 5.73 Å². The van der Waals surface area contributed by atoms with Gasteiger partial charge in [0.25, 0.3) is 0 Å². The first-order valence-corrected chi connectivity index (χ1v) is 8.21. The summed E-state index contributed by atoms with van der Waals surface area (Å²) < 4.78 is 11.9. The van der Waals surface area contributed by atoms with Crippen molar-refractivity contribution < 1.29 is 9.47 Å². The van der Waals surface area contributed by atoms with Crippen molar-refractivity contribution in [2.24, 2.45) is 11.7 Å². The van der Waals surface area contributed by atoms with Gasteiger partial charge >= 0.3 is 0 Å². The molecule has 1 fully saturated rings. The SMILES string of the molecule is N#CCC(CN)C(CCc1ccccc1)OC1CCCCO1. The van der Waals surface area contributed by atoms with Crippen molar-refractivity contribution in [1.82, 2.24) is 0 Å². The summed E-state index contributed by atoms with van der Waals surface area (Å²) in [6, 6.07) is 12.6. The smallest absolute Gasteiger partial charge is 0.157 e. The molecule has 4 heteroatoms. The van der Waals surface area contributed by atoms with E-state index in [1.54, 1.807) is 0 Å². The van der Waals surface area contributed by atoms with Crippen LogP contribution in [0.1, 0.15) is 37.7 Å². The molecule has 0 radical (unpaired) electrons. The quantitative estimate of drug-likeness (QED) is 0.801. The van der Waals surface area contributed by atoms with E-state index in [-0.39, 0.29) is 18.3 Å². The molecule has 3 atom stereocenters. The van der Waals surface area contributed by atoms with Crippen LogP contribution in [0.25, 0.3) is 0 Å². The minimum atomic E-state index is -0.137. The van der Waals surface area contributed by atoms with E-state index in [1.165, 1.54) is 5.56 Å². The summed E-state index contributed by atoms with van der Waals surface area (Å²) in [5.74, 6) is 0.0687. The Morgan fingerprint density at radius 3 is 2.77 bits per heavy atom. The summed E-state index contributed by atoms with van der Waals surface area (Å²) in [5.41, 5.74) is 7.15. The molecule has 2 rings (SSSR count). The highest BCUT2D eigenvalue weighted by Crippen LogP contribution is 2.23. The molecule has 3 unspecified atom stereocenters. The fourth-order valence-corrected chi connectivity index (χ4v) is 2.87. The maximum atomic E-state index is 9.02. The molecule has 0 bridgehead atoms. The molecule has 0 aromatic heterocycles. The minimum Gasteiger partial charge on any atom is -0.353 e. The van der Waals surface area contributed by atoms with Crippen molar-refractivity contribution >= 4 is 0 Å². The number of aryl methyl sites for hydroxylation is 1. The largest absolute Gasteiger partial charge is 0.353 e. The first kappa shape index (κ1) is 17.0. The zero-order valence-electron chi connectivity index (χ0n) is 13.1. The second-order valence-electron chi connectivity index (χ2n) is 5.85. The normalized spacial score (nSPS) is 21.0. The summed E-state index contributed by atoms with van der Waals surface area (Å²) in [6.45, 7) is 1.24. The molecule has 120 valence electrons. The molecule has 1 aliphatic heterocycles. The third kappa shape index (κ3) is 5.42. The monoisotopic (exact) mass is 302 g/mol. The van der Waals surface area contributed by atoms with E-state index in [9.17, 15) is 0 Å². The lowest BCUT2D eigenvalue weighted by molar-refractivity contribution is -0.198. The zero-order valence-corrected chi connectivity index (χ0v) is 13.1. The van der Waals surface area contributed by atoms with Gasteiger partial charge in [0.15, 0.2) is 6.29 Å². The van der Waals surface area contributed by atoms with Crippen molar-refractivity contribution in [3.8, 4) is 6.07 Å². The Hall–Kier alpha value is -1.41. The van der Waals surface area contributed by atoms with Crippen molar-refractivity contribution in [1.29, 1.82) is 5.26 Å². The minimum absolute atomic E-state index is 0.0204. The number of nitrogens with two attached hydrogens (primary N) is 1. The van der Waals surface area contributed by atoms with Gasteiger partial charge in [0.1, 0.15) is 0 Å². The Bertz CT molecular complexity index is 452. The first-order chi connectivity index (χ1) is 10.8. The summed E-state index contributed by atoms with van der Waals surface area (Å²) in [5, 5.41) is 9.02.